The van der Waals surface area contributed by atoms with Gasteiger partial charge in [0, 0.05) is 34.6 Å². The minimum absolute atomic E-state index is 0.00196. The molecule has 196 valence electrons. The highest BCUT2D eigenvalue weighted by molar-refractivity contribution is 6.05. The molecule has 0 saturated heterocycles. The Balaban J connectivity index is 1.51. The molecule has 3 aromatic carbocycles. The summed E-state index contributed by atoms with van der Waals surface area (Å²) in [6, 6.07) is 12.3. The predicted molar refractivity (Wildman–Crippen MR) is 141 cm³/mol. The second-order valence-electron chi connectivity index (χ2n) is 9.46. The number of benzene rings is 3. The van der Waals surface area contributed by atoms with Crippen LogP contribution in [0.4, 0.5) is 14.6 Å². The van der Waals surface area contributed by atoms with E-state index in [2.05, 4.69) is 15.2 Å². The van der Waals surface area contributed by atoms with E-state index in [0.29, 0.717) is 28.9 Å². The number of fused-ring (bicyclic) bond motifs is 2. The van der Waals surface area contributed by atoms with Crippen LogP contribution >= 0.6 is 0 Å². The fourth-order valence-electron chi connectivity index (χ4n) is 4.71. The molecule has 3 aromatic heterocycles. The van der Waals surface area contributed by atoms with E-state index in [1.165, 1.54) is 28.9 Å². The summed E-state index contributed by atoms with van der Waals surface area (Å²) in [5.74, 6) is -1.31. The van der Waals surface area contributed by atoms with Crippen LogP contribution in [0.15, 0.2) is 65.4 Å². The summed E-state index contributed by atoms with van der Waals surface area (Å²) in [6.45, 7) is 0.639. The van der Waals surface area contributed by atoms with Crippen molar-refractivity contribution in [2.75, 3.05) is 19.8 Å². The Morgan fingerprint density at radius 2 is 1.79 bits per heavy atom. The number of nitrogens with one attached hydrogen (secondary N) is 1. The first-order valence-corrected chi connectivity index (χ1v) is 12.0. The van der Waals surface area contributed by atoms with Crippen LogP contribution in [0.5, 0.6) is 0 Å². The van der Waals surface area contributed by atoms with Gasteiger partial charge in [0.2, 0.25) is 0 Å². The topological polar surface area (TPSA) is 135 Å². The van der Waals surface area contributed by atoms with E-state index < -0.39 is 17.5 Å². The standard InChI is InChI=1S/C27H22F2N8O2/c1-35(2)13-22-32-9-10-36(22)14-3-5-16(20(28)12-14)17-6-7-18-24(27(31)38)33-37(25(18)23(17)29)15-4-8-21-19(11-15)26(30)34-39-21/h3-12H,13H2,1-2H3,(H2,30,34)(H2,31,38)/p+1. The number of hydrogen-bond acceptors (Lipinski definition) is 6. The highest BCUT2D eigenvalue weighted by atomic mass is 19.1. The monoisotopic (exact) mass is 529 g/mol. The Kier molecular flexibility index (Phi) is 5.61. The van der Waals surface area contributed by atoms with Gasteiger partial charge in [0.05, 0.1) is 25.2 Å². The largest absolute Gasteiger partial charge is 0.380 e. The lowest BCUT2D eigenvalue weighted by molar-refractivity contribution is -0.873. The number of aromatic nitrogens is 5. The van der Waals surface area contributed by atoms with Crippen LogP contribution in [-0.2, 0) is 6.54 Å². The minimum atomic E-state index is -0.831. The summed E-state index contributed by atoms with van der Waals surface area (Å²) in [7, 11) is 3.99. The summed E-state index contributed by atoms with van der Waals surface area (Å²) >= 11 is 0. The Bertz CT molecular complexity index is 1900. The number of anilines is 1. The third kappa shape index (κ3) is 3.97. The molecule has 0 atom stereocenters. The molecule has 0 aliphatic rings. The number of primary amides is 1. The van der Waals surface area contributed by atoms with Crippen molar-refractivity contribution in [2.24, 2.45) is 5.73 Å². The van der Waals surface area contributed by atoms with E-state index in [-0.39, 0.29) is 33.5 Å². The summed E-state index contributed by atoms with van der Waals surface area (Å²) in [5, 5.41) is 8.69. The molecule has 10 nitrogen and oxygen atoms in total. The summed E-state index contributed by atoms with van der Waals surface area (Å²) in [4.78, 5) is 17.7. The van der Waals surface area contributed by atoms with Crippen LogP contribution in [-0.4, -0.2) is 44.5 Å². The van der Waals surface area contributed by atoms with Gasteiger partial charge in [-0.3, -0.25) is 9.36 Å². The maximum Gasteiger partial charge on any atom is 0.269 e. The predicted octanol–water partition coefficient (Wildman–Crippen LogP) is 2.62. The Labute approximate surface area is 220 Å². The van der Waals surface area contributed by atoms with E-state index in [1.807, 2.05) is 14.1 Å². The maximum absolute atomic E-state index is 16.2. The SMILES string of the molecule is C[NH+](C)Cc1nccn1-c1ccc(-c2ccc3c(C(N)=O)nn(-c4ccc5onc(N)c5c4)c3c2F)c(F)c1. The van der Waals surface area contributed by atoms with E-state index in [1.54, 1.807) is 41.2 Å². The van der Waals surface area contributed by atoms with Crippen LogP contribution in [0, 0.1) is 11.6 Å². The minimum Gasteiger partial charge on any atom is -0.380 e. The molecular formula is C27H23F2N8O2+. The van der Waals surface area contributed by atoms with Crippen molar-refractivity contribution in [3.05, 3.63) is 84.1 Å². The van der Waals surface area contributed by atoms with Gasteiger partial charge in [-0.25, -0.2) is 18.4 Å². The molecule has 12 heteroatoms. The molecule has 0 aliphatic heterocycles. The number of halogens is 2. The molecule has 6 aromatic rings. The molecule has 0 spiro atoms. The number of nitrogens with two attached hydrogens (primary N) is 2. The quantitative estimate of drug-likeness (QED) is 0.304. The average Bonchev–Trinajstić information content (AvgIpc) is 3.62. The van der Waals surface area contributed by atoms with E-state index in [0.717, 1.165) is 10.7 Å². The van der Waals surface area contributed by atoms with Gasteiger partial charge >= 0.3 is 0 Å². The maximum atomic E-state index is 16.2. The Morgan fingerprint density at radius 1 is 1.03 bits per heavy atom. The number of hydrogen-bond donors (Lipinski definition) is 3. The molecule has 0 fully saturated rings. The summed E-state index contributed by atoms with van der Waals surface area (Å²) in [6.07, 6.45) is 3.40. The van der Waals surface area contributed by atoms with Gasteiger partial charge in [0.25, 0.3) is 5.91 Å². The lowest BCUT2D eigenvalue weighted by atomic mass is 10.0. The number of imidazole rings is 1. The van der Waals surface area contributed by atoms with Gasteiger partial charge in [0.1, 0.15) is 17.9 Å². The lowest BCUT2D eigenvalue weighted by Gasteiger charge is -2.13. The van der Waals surface area contributed by atoms with Crippen LogP contribution in [0.1, 0.15) is 16.3 Å². The normalized spacial score (nSPS) is 11.7. The van der Waals surface area contributed by atoms with Gasteiger partial charge in [-0.05, 0) is 42.5 Å². The van der Waals surface area contributed by atoms with Gasteiger partial charge < -0.3 is 20.9 Å². The van der Waals surface area contributed by atoms with Crippen molar-refractivity contribution in [3.8, 4) is 22.5 Å². The molecule has 0 radical (unpaired) electrons. The van der Waals surface area contributed by atoms with Crippen molar-refractivity contribution < 1.29 is 23.0 Å². The highest BCUT2D eigenvalue weighted by Gasteiger charge is 2.23. The summed E-state index contributed by atoms with van der Waals surface area (Å²) < 4.78 is 39.9. The van der Waals surface area contributed by atoms with E-state index in [4.69, 9.17) is 16.0 Å². The first-order chi connectivity index (χ1) is 18.7. The van der Waals surface area contributed by atoms with E-state index in [9.17, 15) is 4.79 Å². The first kappa shape index (κ1) is 24.2. The zero-order valence-electron chi connectivity index (χ0n) is 20.9. The average molecular weight is 530 g/mol. The molecule has 39 heavy (non-hydrogen) atoms. The second kappa shape index (κ2) is 9.03. The van der Waals surface area contributed by atoms with Crippen molar-refractivity contribution in [2.45, 2.75) is 6.54 Å². The molecule has 0 saturated carbocycles. The molecular weight excluding hydrogens is 506 g/mol. The zero-order chi connectivity index (χ0) is 27.4. The van der Waals surface area contributed by atoms with Crippen molar-refractivity contribution >= 4 is 33.6 Å². The first-order valence-electron chi connectivity index (χ1n) is 12.0. The molecule has 0 aliphatic carbocycles. The molecule has 0 bridgehead atoms. The van der Waals surface area contributed by atoms with Crippen LogP contribution < -0.4 is 16.4 Å². The number of amides is 1. The Morgan fingerprint density at radius 3 is 2.54 bits per heavy atom. The lowest BCUT2D eigenvalue weighted by Crippen LogP contribution is -3.04. The zero-order valence-corrected chi connectivity index (χ0v) is 20.9. The van der Waals surface area contributed by atoms with Gasteiger partial charge in [0.15, 0.2) is 28.7 Å². The number of rotatable bonds is 6. The van der Waals surface area contributed by atoms with Gasteiger partial charge in [-0.1, -0.05) is 11.2 Å². The Hall–Kier alpha value is -5.10. The number of nitrogen functional groups attached to an aromatic ring is 1. The third-order valence-electron chi connectivity index (χ3n) is 6.49. The fraction of sp³-hybridized carbons (Fsp3) is 0.111. The number of nitrogens with zero attached hydrogens (tertiary/aromatic N) is 5. The molecule has 1 amide bonds. The van der Waals surface area contributed by atoms with Crippen molar-refractivity contribution in [1.29, 1.82) is 0 Å². The molecule has 3 heterocycles. The molecule has 5 N–H and O–H groups in total. The number of carbonyl (C=O) groups is 1. The van der Waals surface area contributed by atoms with Crippen molar-refractivity contribution in [3.63, 3.8) is 0 Å². The fourth-order valence-corrected chi connectivity index (χ4v) is 4.71. The second-order valence-corrected chi connectivity index (χ2v) is 9.46. The number of carbonyl (C=O) groups excluding carboxylic acids is 1. The summed E-state index contributed by atoms with van der Waals surface area (Å²) in [5.41, 5.74) is 12.7. The third-order valence-corrected chi connectivity index (χ3v) is 6.49. The number of quaternary nitrogens is 1. The van der Waals surface area contributed by atoms with Gasteiger partial charge in [-0.15, -0.1) is 0 Å². The smallest absolute Gasteiger partial charge is 0.269 e. The van der Waals surface area contributed by atoms with Crippen LogP contribution in [0.2, 0.25) is 0 Å². The van der Waals surface area contributed by atoms with E-state index >= 15 is 8.78 Å². The molecule has 6 rings (SSSR count). The van der Waals surface area contributed by atoms with Crippen LogP contribution in [0.25, 0.3) is 44.4 Å². The van der Waals surface area contributed by atoms with Crippen LogP contribution in [0.3, 0.4) is 0 Å². The van der Waals surface area contributed by atoms with Gasteiger partial charge in [-0.2, -0.15) is 5.10 Å². The highest BCUT2D eigenvalue weighted by Crippen LogP contribution is 2.35. The molecule has 0 unspecified atom stereocenters. The van der Waals surface area contributed by atoms with Crippen molar-refractivity contribution in [1.82, 2.24) is 24.5 Å².